The van der Waals surface area contributed by atoms with E-state index in [2.05, 4.69) is 43.8 Å². The lowest BCUT2D eigenvalue weighted by Crippen LogP contribution is -2.19. The number of hydrogen-bond acceptors (Lipinski definition) is 3. The lowest BCUT2D eigenvalue weighted by molar-refractivity contribution is 0.811. The third-order valence-electron chi connectivity index (χ3n) is 2.96. The van der Waals surface area contributed by atoms with Crippen LogP contribution in [-0.4, -0.2) is 17.0 Å². The number of aromatic nitrogens is 2. The number of anilines is 1. The van der Waals surface area contributed by atoms with Crippen LogP contribution in [0.15, 0.2) is 34.8 Å². The molecule has 1 aromatic heterocycles. The SMILES string of the molecule is CCCc1nc(Cl)cc(N(C)Cc2ccccc2Br)n1. The van der Waals surface area contributed by atoms with Crippen LogP contribution in [0, 0.1) is 0 Å². The van der Waals surface area contributed by atoms with Gasteiger partial charge >= 0.3 is 0 Å². The highest BCUT2D eigenvalue weighted by Gasteiger charge is 2.09. The van der Waals surface area contributed by atoms with Crippen molar-refractivity contribution in [3.05, 3.63) is 51.3 Å². The first-order chi connectivity index (χ1) is 9.60. The standard InChI is InChI=1S/C15H17BrClN3/c1-3-6-14-18-13(17)9-15(19-14)20(2)10-11-7-4-5-8-12(11)16/h4-5,7-9H,3,6,10H2,1-2H3. The molecule has 0 atom stereocenters. The summed E-state index contributed by atoms with van der Waals surface area (Å²) < 4.78 is 1.10. The van der Waals surface area contributed by atoms with E-state index in [1.54, 1.807) is 6.07 Å². The van der Waals surface area contributed by atoms with E-state index in [-0.39, 0.29) is 0 Å². The molecule has 0 aliphatic rings. The van der Waals surface area contributed by atoms with E-state index in [1.807, 2.05) is 25.2 Å². The summed E-state index contributed by atoms with van der Waals surface area (Å²) in [5, 5.41) is 0.498. The highest BCUT2D eigenvalue weighted by molar-refractivity contribution is 9.10. The summed E-state index contributed by atoms with van der Waals surface area (Å²) in [4.78, 5) is 10.9. The van der Waals surface area contributed by atoms with Gasteiger partial charge in [-0.2, -0.15) is 0 Å². The van der Waals surface area contributed by atoms with Crippen molar-refractivity contribution in [2.75, 3.05) is 11.9 Å². The van der Waals surface area contributed by atoms with Gasteiger partial charge in [0.25, 0.3) is 0 Å². The van der Waals surface area contributed by atoms with Crippen LogP contribution in [0.1, 0.15) is 24.7 Å². The maximum Gasteiger partial charge on any atom is 0.134 e. The summed E-state index contributed by atoms with van der Waals surface area (Å²) in [6.07, 6.45) is 1.85. The molecule has 20 heavy (non-hydrogen) atoms. The van der Waals surface area contributed by atoms with Crippen molar-refractivity contribution in [3.63, 3.8) is 0 Å². The monoisotopic (exact) mass is 353 g/mol. The third-order valence-corrected chi connectivity index (χ3v) is 3.92. The molecule has 1 aromatic carbocycles. The van der Waals surface area contributed by atoms with Crippen LogP contribution in [-0.2, 0) is 13.0 Å². The maximum atomic E-state index is 6.08. The minimum atomic E-state index is 0.498. The summed E-state index contributed by atoms with van der Waals surface area (Å²) in [5.41, 5.74) is 1.21. The Morgan fingerprint density at radius 3 is 2.70 bits per heavy atom. The van der Waals surface area contributed by atoms with Crippen molar-refractivity contribution in [2.24, 2.45) is 0 Å². The number of benzene rings is 1. The van der Waals surface area contributed by atoms with E-state index in [0.29, 0.717) is 5.15 Å². The van der Waals surface area contributed by atoms with Crippen molar-refractivity contribution in [2.45, 2.75) is 26.3 Å². The molecule has 0 unspecified atom stereocenters. The second kappa shape index (κ2) is 7.04. The fourth-order valence-electron chi connectivity index (χ4n) is 1.95. The summed E-state index contributed by atoms with van der Waals surface area (Å²) >= 11 is 9.64. The molecular weight excluding hydrogens is 338 g/mol. The average molecular weight is 355 g/mol. The van der Waals surface area contributed by atoms with E-state index in [0.717, 1.165) is 35.5 Å². The van der Waals surface area contributed by atoms with Gasteiger partial charge in [0.2, 0.25) is 0 Å². The van der Waals surface area contributed by atoms with Crippen LogP contribution in [0.5, 0.6) is 0 Å². The second-order valence-electron chi connectivity index (χ2n) is 4.66. The van der Waals surface area contributed by atoms with Crippen molar-refractivity contribution in [1.82, 2.24) is 9.97 Å². The van der Waals surface area contributed by atoms with Gasteiger partial charge in [-0.15, -0.1) is 0 Å². The van der Waals surface area contributed by atoms with Crippen LogP contribution >= 0.6 is 27.5 Å². The van der Waals surface area contributed by atoms with Gasteiger partial charge in [0.1, 0.15) is 16.8 Å². The number of aryl methyl sites for hydroxylation is 1. The molecule has 0 aliphatic heterocycles. The first-order valence-corrected chi connectivity index (χ1v) is 7.75. The van der Waals surface area contributed by atoms with Crippen molar-refractivity contribution in [1.29, 1.82) is 0 Å². The maximum absolute atomic E-state index is 6.08. The summed E-state index contributed by atoms with van der Waals surface area (Å²) in [6.45, 7) is 2.87. The van der Waals surface area contributed by atoms with Crippen LogP contribution in [0.3, 0.4) is 0 Å². The van der Waals surface area contributed by atoms with Crippen molar-refractivity contribution >= 4 is 33.3 Å². The topological polar surface area (TPSA) is 29.0 Å². The Morgan fingerprint density at radius 1 is 1.25 bits per heavy atom. The molecular formula is C15H17BrClN3. The number of hydrogen-bond donors (Lipinski definition) is 0. The fraction of sp³-hybridized carbons (Fsp3) is 0.333. The van der Waals surface area contributed by atoms with E-state index in [1.165, 1.54) is 5.56 Å². The lowest BCUT2D eigenvalue weighted by atomic mass is 10.2. The largest absolute Gasteiger partial charge is 0.355 e. The quantitative estimate of drug-likeness (QED) is 0.741. The molecule has 0 N–H and O–H groups in total. The first-order valence-electron chi connectivity index (χ1n) is 6.58. The van der Waals surface area contributed by atoms with Gasteiger partial charge in [-0.1, -0.05) is 52.7 Å². The zero-order chi connectivity index (χ0) is 14.5. The highest BCUT2D eigenvalue weighted by Crippen LogP contribution is 2.21. The summed E-state index contributed by atoms with van der Waals surface area (Å²) in [6, 6.07) is 9.98. The molecule has 0 bridgehead atoms. The second-order valence-corrected chi connectivity index (χ2v) is 5.90. The van der Waals surface area contributed by atoms with E-state index >= 15 is 0 Å². The molecule has 106 valence electrons. The van der Waals surface area contributed by atoms with Gasteiger partial charge in [0.15, 0.2) is 0 Å². The normalized spacial score (nSPS) is 10.6. The zero-order valence-electron chi connectivity index (χ0n) is 11.6. The Hall–Kier alpha value is -1.13. The molecule has 0 radical (unpaired) electrons. The number of rotatable bonds is 5. The molecule has 0 fully saturated rings. The number of nitrogens with zero attached hydrogens (tertiary/aromatic N) is 3. The van der Waals surface area contributed by atoms with Crippen LogP contribution in [0.25, 0.3) is 0 Å². The molecule has 5 heteroatoms. The van der Waals surface area contributed by atoms with E-state index < -0.39 is 0 Å². The minimum absolute atomic E-state index is 0.498. The highest BCUT2D eigenvalue weighted by atomic mass is 79.9. The van der Waals surface area contributed by atoms with Gasteiger partial charge in [0, 0.05) is 30.6 Å². The van der Waals surface area contributed by atoms with E-state index in [4.69, 9.17) is 11.6 Å². The molecule has 0 amide bonds. The Balaban J connectivity index is 2.20. The predicted molar refractivity (Wildman–Crippen MR) is 87.3 cm³/mol. The zero-order valence-corrected chi connectivity index (χ0v) is 13.9. The van der Waals surface area contributed by atoms with E-state index in [9.17, 15) is 0 Å². The van der Waals surface area contributed by atoms with Crippen molar-refractivity contribution in [3.8, 4) is 0 Å². The first kappa shape index (κ1) is 15.3. The Morgan fingerprint density at radius 2 is 2.00 bits per heavy atom. The summed E-state index contributed by atoms with van der Waals surface area (Å²) in [5.74, 6) is 1.65. The Labute approximate surface area is 133 Å². The van der Waals surface area contributed by atoms with Gasteiger partial charge in [-0.25, -0.2) is 9.97 Å². The molecule has 0 saturated heterocycles. The van der Waals surface area contributed by atoms with Crippen LogP contribution in [0.4, 0.5) is 5.82 Å². The van der Waals surface area contributed by atoms with Gasteiger partial charge in [0.05, 0.1) is 0 Å². The average Bonchev–Trinajstić information content (AvgIpc) is 2.41. The molecule has 2 aromatic rings. The van der Waals surface area contributed by atoms with Crippen LogP contribution in [0.2, 0.25) is 5.15 Å². The third kappa shape index (κ3) is 3.93. The molecule has 0 aliphatic carbocycles. The van der Waals surface area contributed by atoms with Gasteiger partial charge in [-0.3, -0.25) is 0 Å². The van der Waals surface area contributed by atoms with Gasteiger partial charge < -0.3 is 4.90 Å². The molecule has 0 spiro atoms. The Kier molecular flexibility index (Phi) is 5.38. The number of halogens is 2. The predicted octanol–water partition coefficient (Wildman–Crippen LogP) is 4.48. The Bertz CT molecular complexity index is 589. The lowest BCUT2D eigenvalue weighted by Gasteiger charge is -2.19. The smallest absolute Gasteiger partial charge is 0.134 e. The molecule has 3 nitrogen and oxygen atoms in total. The van der Waals surface area contributed by atoms with Crippen LogP contribution < -0.4 is 4.90 Å². The fourth-order valence-corrected chi connectivity index (χ4v) is 2.55. The van der Waals surface area contributed by atoms with Crippen molar-refractivity contribution < 1.29 is 0 Å². The minimum Gasteiger partial charge on any atom is -0.355 e. The molecule has 0 saturated carbocycles. The molecule has 1 heterocycles. The molecule has 2 rings (SSSR count). The summed E-state index contributed by atoms with van der Waals surface area (Å²) in [7, 11) is 2.01. The van der Waals surface area contributed by atoms with Gasteiger partial charge in [-0.05, 0) is 18.1 Å².